The molecule has 90 valence electrons. The van der Waals surface area contributed by atoms with Gasteiger partial charge in [-0.15, -0.1) is 0 Å². The molecule has 0 aliphatic heterocycles. The van der Waals surface area contributed by atoms with Gasteiger partial charge in [-0.05, 0) is 19.1 Å². The Kier molecular flexibility index (Phi) is 3.75. The molecule has 1 amide bonds. The highest BCUT2D eigenvalue weighted by atomic mass is 16.4. The van der Waals surface area contributed by atoms with Gasteiger partial charge in [-0.2, -0.15) is 0 Å². The van der Waals surface area contributed by atoms with Gasteiger partial charge in [0.15, 0.2) is 0 Å². The van der Waals surface area contributed by atoms with Gasteiger partial charge in [0, 0.05) is 5.41 Å². The van der Waals surface area contributed by atoms with Crippen molar-refractivity contribution in [2.45, 2.75) is 33.8 Å². The zero-order valence-corrected chi connectivity index (χ0v) is 10.2. The van der Waals surface area contributed by atoms with Gasteiger partial charge in [0.2, 0.25) is 5.91 Å². The molecule has 1 aromatic heterocycles. The Morgan fingerprint density at radius 1 is 1.50 bits per heavy atom. The van der Waals surface area contributed by atoms with Crippen molar-refractivity contribution in [1.29, 1.82) is 0 Å². The van der Waals surface area contributed by atoms with Gasteiger partial charge < -0.3 is 14.8 Å². The first kappa shape index (κ1) is 12.8. The smallest absolute Gasteiger partial charge is 0.225 e. The Bertz CT molecular complexity index is 363. The van der Waals surface area contributed by atoms with Crippen LogP contribution in [0.1, 0.15) is 38.4 Å². The Hall–Kier alpha value is -1.29. The van der Waals surface area contributed by atoms with Gasteiger partial charge in [-0.25, -0.2) is 0 Å². The van der Waals surface area contributed by atoms with Crippen molar-refractivity contribution in [2.24, 2.45) is 5.41 Å². The number of carbonyl (C=O) groups is 1. The summed E-state index contributed by atoms with van der Waals surface area (Å²) < 4.78 is 5.26. The van der Waals surface area contributed by atoms with Crippen molar-refractivity contribution in [3.8, 4) is 0 Å². The third-order valence-corrected chi connectivity index (χ3v) is 2.23. The molecule has 0 unspecified atom stereocenters. The van der Waals surface area contributed by atoms with E-state index in [0.29, 0.717) is 5.76 Å². The molecule has 1 rings (SSSR count). The molecule has 0 radical (unpaired) electrons. The van der Waals surface area contributed by atoms with Crippen LogP contribution in [0.5, 0.6) is 0 Å². The molecule has 0 saturated carbocycles. The number of hydrogen-bond acceptors (Lipinski definition) is 3. The van der Waals surface area contributed by atoms with Crippen molar-refractivity contribution in [3.05, 3.63) is 23.7 Å². The zero-order chi connectivity index (χ0) is 12.3. The molecule has 1 aromatic rings. The number of furan rings is 1. The highest BCUT2D eigenvalue weighted by molar-refractivity contribution is 5.81. The Morgan fingerprint density at radius 2 is 2.12 bits per heavy atom. The minimum Gasteiger partial charge on any atom is -0.464 e. The van der Waals surface area contributed by atoms with Gasteiger partial charge in [0.25, 0.3) is 0 Å². The minimum absolute atomic E-state index is 0.0881. The lowest BCUT2D eigenvalue weighted by atomic mass is 9.95. The van der Waals surface area contributed by atoms with Crippen molar-refractivity contribution in [2.75, 3.05) is 6.54 Å². The molecule has 1 heterocycles. The molecule has 0 fully saturated rings. The fourth-order valence-corrected chi connectivity index (χ4v) is 1.19. The highest BCUT2D eigenvalue weighted by Gasteiger charge is 2.22. The summed E-state index contributed by atoms with van der Waals surface area (Å²) >= 11 is 0. The number of aliphatic hydroxyl groups is 1. The third-order valence-electron chi connectivity index (χ3n) is 2.23. The first-order valence-corrected chi connectivity index (χ1v) is 5.33. The van der Waals surface area contributed by atoms with Crippen LogP contribution in [0.25, 0.3) is 0 Å². The topological polar surface area (TPSA) is 62.5 Å². The van der Waals surface area contributed by atoms with E-state index in [1.807, 2.05) is 27.7 Å². The van der Waals surface area contributed by atoms with Crippen LogP contribution in [-0.4, -0.2) is 17.6 Å². The summed E-state index contributed by atoms with van der Waals surface area (Å²) in [5, 5.41) is 12.4. The van der Waals surface area contributed by atoms with E-state index in [4.69, 9.17) is 4.42 Å². The third kappa shape index (κ3) is 3.38. The average molecular weight is 225 g/mol. The molecular formula is C12H19NO3. The van der Waals surface area contributed by atoms with Gasteiger partial charge in [-0.3, -0.25) is 4.79 Å². The number of hydrogen-bond donors (Lipinski definition) is 2. The fourth-order valence-electron chi connectivity index (χ4n) is 1.19. The molecule has 0 aliphatic rings. The van der Waals surface area contributed by atoms with E-state index >= 15 is 0 Å². The molecule has 4 nitrogen and oxygen atoms in total. The molecule has 2 N–H and O–H groups in total. The monoisotopic (exact) mass is 225 g/mol. The van der Waals surface area contributed by atoms with Crippen LogP contribution in [0, 0.1) is 12.3 Å². The molecule has 0 saturated heterocycles. The summed E-state index contributed by atoms with van der Waals surface area (Å²) in [4.78, 5) is 11.6. The maximum atomic E-state index is 11.6. The van der Waals surface area contributed by atoms with Gasteiger partial charge in [0.1, 0.15) is 17.6 Å². The maximum Gasteiger partial charge on any atom is 0.225 e. The predicted octanol–water partition coefficient (Wildman–Crippen LogP) is 1.78. The summed E-state index contributed by atoms with van der Waals surface area (Å²) in [5.74, 6) is 1.14. The molecule has 0 bridgehead atoms. The van der Waals surface area contributed by atoms with Crippen LogP contribution in [0.4, 0.5) is 0 Å². The highest BCUT2D eigenvalue weighted by Crippen LogP contribution is 2.16. The van der Waals surface area contributed by atoms with E-state index in [-0.39, 0.29) is 12.5 Å². The van der Waals surface area contributed by atoms with Crippen LogP contribution in [0.3, 0.4) is 0 Å². The van der Waals surface area contributed by atoms with E-state index in [9.17, 15) is 9.90 Å². The molecule has 4 heteroatoms. The van der Waals surface area contributed by atoms with Crippen molar-refractivity contribution in [1.82, 2.24) is 5.32 Å². The molecular weight excluding hydrogens is 206 g/mol. The first-order chi connectivity index (χ1) is 7.30. The van der Waals surface area contributed by atoms with Gasteiger partial charge in [0.05, 0.1) is 6.54 Å². The average Bonchev–Trinajstić information content (AvgIpc) is 2.59. The second-order valence-corrected chi connectivity index (χ2v) is 4.92. The summed E-state index contributed by atoms with van der Waals surface area (Å²) in [5.41, 5.74) is -0.446. The van der Waals surface area contributed by atoms with E-state index in [0.717, 1.165) is 5.76 Å². The second kappa shape index (κ2) is 4.70. The lowest BCUT2D eigenvalue weighted by Gasteiger charge is -2.18. The molecule has 0 spiro atoms. The van der Waals surface area contributed by atoms with E-state index in [1.165, 1.54) is 0 Å². The minimum atomic E-state index is -0.792. The fraction of sp³-hybridized carbons (Fsp3) is 0.583. The predicted molar refractivity (Wildman–Crippen MR) is 60.9 cm³/mol. The van der Waals surface area contributed by atoms with Crippen molar-refractivity contribution < 1.29 is 14.3 Å². The number of aliphatic hydroxyl groups excluding tert-OH is 1. The van der Waals surface area contributed by atoms with E-state index in [2.05, 4.69) is 5.32 Å². The zero-order valence-electron chi connectivity index (χ0n) is 10.2. The van der Waals surface area contributed by atoms with Gasteiger partial charge >= 0.3 is 0 Å². The number of rotatable bonds is 3. The van der Waals surface area contributed by atoms with E-state index in [1.54, 1.807) is 12.1 Å². The molecule has 16 heavy (non-hydrogen) atoms. The summed E-state index contributed by atoms with van der Waals surface area (Å²) in [7, 11) is 0. The quantitative estimate of drug-likeness (QED) is 0.824. The standard InChI is InChI=1S/C12H19NO3/c1-8-5-6-10(16-8)9(14)7-13-11(15)12(2,3)4/h5-6,9,14H,7H2,1-4H3,(H,13,15)/t9-/m0/s1. The van der Waals surface area contributed by atoms with Crippen LogP contribution < -0.4 is 5.32 Å². The lowest BCUT2D eigenvalue weighted by Crippen LogP contribution is -2.37. The Balaban J connectivity index is 2.48. The van der Waals surface area contributed by atoms with Crippen LogP contribution in [0.15, 0.2) is 16.5 Å². The lowest BCUT2D eigenvalue weighted by molar-refractivity contribution is -0.129. The Labute approximate surface area is 95.7 Å². The number of nitrogens with one attached hydrogen (secondary N) is 1. The normalized spacial score (nSPS) is 13.6. The van der Waals surface area contributed by atoms with Gasteiger partial charge in [-0.1, -0.05) is 20.8 Å². The molecule has 0 aliphatic carbocycles. The van der Waals surface area contributed by atoms with Crippen LogP contribution >= 0.6 is 0 Å². The maximum absolute atomic E-state index is 11.6. The van der Waals surface area contributed by atoms with Crippen LogP contribution in [-0.2, 0) is 4.79 Å². The van der Waals surface area contributed by atoms with Crippen LogP contribution in [0.2, 0.25) is 0 Å². The number of aryl methyl sites for hydroxylation is 1. The number of amides is 1. The van der Waals surface area contributed by atoms with Crippen molar-refractivity contribution in [3.63, 3.8) is 0 Å². The first-order valence-electron chi connectivity index (χ1n) is 5.33. The largest absolute Gasteiger partial charge is 0.464 e. The van der Waals surface area contributed by atoms with Crippen molar-refractivity contribution >= 4 is 5.91 Å². The Morgan fingerprint density at radius 3 is 2.56 bits per heavy atom. The summed E-state index contributed by atoms with van der Waals surface area (Å²) in [6.07, 6.45) is -0.792. The van der Waals surface area contributed by atoms with E-state index < -0.39 is 11.5 Å². The SMILES string of the molecule is Cc1ccc([C@@H](O)CNC(=O)C(C)(C)C)o1. The summed E-state index contributed by atoms with van der Waals surface area (Å²) in [6.45, 7) is 7.45. The molecule has 1 atom stereocenters. The second-order valence-electron chi connectivity index (χ2n) is 4.92. The molecule has 0 aromatic carbocycles. The number of carbonyl (C=O) groups excluding carboxylic acids is 1. The summed E-state index contributed by atoms with van der Waals surface area (Å²) in [6, 6.07) is 3.49.